The standard InChI is InChI=1S/C23H22N4O8/c1-13(28)34-18(19-22(30)27(11-12-33-19)16-7-9-17(32-2)10-8-16)21(29)24-15-5-3-14(4-6-15)20-25-23(31)35-26-20/h3-10,18-19H,11-12H2,1-2H3,(H,24,29)(H,25,26,31)/t18-,19-/m1/s1/i2D3. The molecule has 182 valence electrons. The van der Waals surface area contributed by atoms with E-state index in [1.807, 2.05) is 0 Å². The van der Waals surface area contributed by atoms with E-state index in [2.05, 4.69) is 20.0 Å². The molecule has 0 saturated carbocycles. The zero-order valence-corrected chi connectivity index (χ0v) is 18.3. The van der Waals surface area contributed by atoms with Crippen LogP contribution >= 0.6 is 0 Å². The van der Waals surface area contributed by atoms with Crippen LogP contribution in [0.1, 0.15) is 11.0 Å². The molecular weight excluding hydrogens is 460 g/mol. The molecule has 2 heterocycles. The summed E-state index contributed by atoms with van der Waals surface area (Å²) in [6.07, 6.45) is -3.04. The molecule has 0 spiro atoms. The molecule has 12 nitrogen and oxygen atoms in total. The number of hydrogen-bond donors (Lipinski definition) is 2. The first-order valence-electron chi connectivity index (χ1n) is 11.9. The number of esters is 1. The fourth-order valence-corrected chi connectivity index (χ4v) is 3.48. The smallest absolute Gasteiger partial charge is 0.439 e. The minimum absolute atomic E-state index is 0.0412. The number of morpholine rings is 1. The van der Waals surface area contributed by atoms with Crippen molar-refractivity contribution in [3.05, 3.63) is 59.1 Å². The highest BCUT2D eigenvalue weighted by Crippen LogP contribution is 2.25. The number of hydrogen-bond acceptors (Lipinski definition) is 9. The summed E-state index contributed by atoms with van der Waals surface area (Å²) < 4.78 is 41.6. The Morgan fingerprint density at radius 2 is 1.94 bits per heavy atom. The van der Waals surface area contributed by atoms with Gasteiger partial charge in [-0.25, -0.2) is 4.79 Å². The second kappa shape index (κ2) is 10.2. The number of nitrogens with zero attached hydrogens (tertiary/aromatic N) is 2. The van der Waals surface area contributed by atoms with E-state index in [9.17, 15) is 19.2 Å². The third kappa shape index (κ3) is 5.38. The molecule has 0 bridgehead atoms. The van der Waals surface area contributed by atoms with Crippen molar-refractivity contribution in [3.63, 3.8) is 0 Å². The monoisotopic (exact) mass is 485 g/mol. The van der Waals surface area contributed by atoms with E-state index in [0.717, 1.165) is 6.92 Å². The zero-order chi connectivity index (χ0) is 27.4. The van der Waals surface area contributed by atoms with Crippen molar-refractivity contribution in [1.29, 1.82) is 0 Å². The van der Waals surface area contributed by atoms with Crippen molar-refractivity contribution >= 4 is 29.2 Å². The van der Waals surface area contributed by atoms with Gasteiger partial charge in [0, 0.05) is 30.4 Å². The molecule has 1 aliphatic heterocycles. The molecule has 2 amide bonds. The highest BCUT2D eigenvalue weighted by Gasteiger charge is 2.42. The van der Waals surface area contributed by atoms with Gasteiger partial charge in [-0.1, -0.05) is 5.16 Å². The summed E-state index contributed by atoms with van der Waals surface area (Å²) in [5.74, 6) is -2.66. The third-order valence-electron chi connectivity index (χ3n) is 5.08. The fourth-order valence-electron chi connectivity index (χ4n) is 3.48. The van der Waals surface area contributed by atoms with Crippen LogP contribution in [-0.2, 0) is 23.9 Å². The Balaban J connectivity index is 1.49. The normalized spacial score (nSPS) is 18.1. The molecule has 0 aliphatic carbocycles. The van der Waals surface area contributed by atoms with E-state index in [1.165, 1.54) is 41.3 Å². The van der Waals surface area contributed by atoms with Crippen molar-refractivity contribution < 1.29 is 37.2 Å². The number of aromatic amines is 1. The third-order valence-corrected chi connectivity index (χ3v) is 5.08. The fraction of sp³-hybridized carbons (Fsp3) is 0.261. The van der Waals surface area contributed by atoms with Gasteiger partial charge < -0.3 is 24.4 Å². The second-order valence-corrected chi connectivity index (χ2v) is 7.42. The molecule has 3 aromatic rings. The van der Waals surface area contributed by atoms with Gasteiger partial charge >= 0.3 is 11.7 Å². The van der Waals surface area contributed by atoms with Gasteiger partial charge in [-0.3, -0.25) is 23.9 Å². The van der Waals surface area contributed by atoms with Crippen molar-refractivity contribution in [2.45, 2.75) is 19.1 Å². The van der Waals surface area contributed by atoms with Crippen molar-refractivity contribution in [2.75, 3.05) is 30.4 Å². The number of methoxy groups -OCH3 is 1. The summed E-state index contributed by atoms with van der Waals surface area (Å²) in [4.78, 5) is 53.0. The Morgan fingerprint density at radius 3 is 2.57 bits per heavy atom. The molecule has 1 saturated heterocycles. The van der Waals surface area contributed by atoms with E-state index >= 15 is 0 Å². The molecule has 4 rings (SSSR count). The van der Waals surface area contributed by atoms with Crippen LogP contribution in [0.4, 0.5) is 11.4 Å². The Bertz CT molecular complexity index is 1370. The van der Waals surface area contributed by atoms with Gasteiger partial charge in [-0.2, -0.15) is 0 Å². The summed E-state index contributed by atoms with van der Waals surface area (Å²) in [5.41, 5.74) is 1.23. The van der Waals surface area contributed by atoms with Crippen molar-refractivity contribution in [1.82, 2.24) is 10.1 Å². The molecule has 1 aromatic heterocycles. The Kier molecular flexibility index (Phi) is 5.83. The lowest BCUT2D eigenvalue weighted by atomic mass is 10.1. The predicted molar refractivity (Wildman–Crippen MR) is 122 cm³/mol. The number of anilines is 2. The maximum atomic E-state index is 13.3. The SMILES string of the molecule is [2H]C([2H])([2H])Oc1ccc(N2CCO[C@H]([C@@H](OC(C)=O)C(=O)Nc3ccc(-c4noc(=O)[nH]4)cc3)C2=O)cc1. The number of benzene rings is 2. The zero-order valence-electron chi connectivity index (χ0n) is 21.3. The number of ether oxygens (including phenoxy) is 3. The maximum absolute atomic E-state index is 13.3. The number of carbonyl (C=O) groups is 3. The van der Waals surface area contributed by atoms with E-state index in [4.69, 9.17) is 18.3 Å². The minimum atomic E-state index is -2.62. The Labute approximate surface area is 203 Å². The van der Waals surface area contributed by atoms with E-state index < -0.39 is 42.8 Å². The molecule has 2 aromatic carbocycles. The van der Waals surface area contributed by atoms with Crippen LogP contribution in [-0.4, -0.2) is 60.3 Å². The lowest BCUT2D eigenvalue weighted by Crippen LogP contribution is -2.56. The van der Waals surface area contributed by atoms with Gasteiger partial charge in [0.05, 0.1) is 17.8 Å². The molecule has 35 heavy (non-hydrogen) atoms. The predicted octanol–water partition coefficient (Wildman–Crippen LogP) is 1.34. The van der Waals surface area contributed by atoms with Gasteiger partial charge in [-0.05, 0) is 48.5 Å². The van der Waals surface area contributed by atoms with Gasteiger partial charge in [0.25, 0.3) is 11.8 Å². The van der Waals surface area contributed by atoms with E-state index in [0.29, 0.717) is 16.9 Å². The van der Waals surface area contributed by atoms with Crippen molar-refractivity contribution in [2.24, 2.45) is 0 Å². The Morgan fingerprint density at radius 1 is 1.20 bits per heavy atom. The summed E-state index contributed by atoms with van der Waals surface area (Å²) in [6, 6.07) is 11.9. The summed E-state index contributed by atoms with van der Waals surface area (Å²) in [6.45, 7) is 1.29. The van der Waals surface area contributed by atoms with Gasteiger partial charge in [0.15, 0.2) is 11.9 Å². The molecule has 0 radical (unpaired) electrons. The molecule has 2 N–H and O–H groups in total. The molecule has 1 aliphatic rings. The highest BCUT2D eigenvalue weighted by molar-refractivity contribution is 6.04. The largest absolute Gasteiger partial charge is 0.497 e. The number of aromatic nitrogens is 2. The molecule has 0 unspecified atom stereocenters. The van der Waals surface area contributed by atoms with Crippen LogP contribution in [0.15, 0.2) is 57.8 Å². The number of H-pyrrole nitrogens is 1. The number of rotatable bonds is 7. The highest BCUT2D eigenvalue weighted by atomic mass is 16.6. The van der Waals surface area contributed by atoms with E-state index in [-0.39, 0.29) is 24.7 Å². The molecule has 2 atom stereocenters. The molecule has 1 fully saturated rings. The number of carbonyl (C=O) groups excluding carboxylic acids is 3. The van der Waals surface area contributed by atoms with Crippen LogP contribution in [0.2, 0.25) is 0 Å². The summed E-state index contributed by atoms with van der Waals surface area (Å²) >= 11 is 0. The average molecular weight is 485 g/mol. The van der Waals surface area contributed by atoms with Crippen LogP contribution in [0, 0.1) is 0 Å². The van der Waals surface area contributed by atoms with Crippen LogP contribution in [0.3, 0.4) is 0 Å². The van der Waals surface area contributed by atoms with Crippen molar-refractivity contribution in [3.8, 4) is 17.1 Å². The molecular formula is C23H22N4O8. The summed E-state index contributed by atoms with van der Waals surface area (Å²) in [7, 11) is -2.62. The first kappa shape index (κ1) is 20.0. The topological polar surface area (TPSA) is 153 Å². The van der Waals surface area contributed by atoms with Crippen LogP contribution in [0.25, 0.3) is 11.4 Å². The number of amides is 2. The molecule has 12 heteroatoms. The minimum Gasteiger partial charge on any atom is -0.497 e. The van der Waals surface area contributed by atoms with E-state index in [1.54, 1.807) is 12.1 Å². The lowest BCUT2D eigenvalue weighted by molar-refractivity contribution is -0.167. The van der Waals surface area contributed by atoms with Crippen LogP contribution < -0.4 is 20.7 Å². The van der Waals surface area contributed by atoms with Gasteiger partial charge in [-0.15, -0.1) is 0 Å². The quantitative estimate of drug-likeness (QED) is 0.472. The Hall–Kier alpha value is -4.45. The lowest BCUT2D eigenvalue weighted by Gasteiger charge is -2.35. The van der Waals surface area contributed by atoms with Gasteiger partial charge in [0.1, 0.15) is 5.75 Å². The van der Waals surface area contributed by atoms with Gasteiger partial charge in [0.2, 0.25) is 6.10 Å². The summed E-state index contributed by atoms with van der Waals surface area (Å²) in [5, 5.41) is 6.16. The maximum Gasteiger partial charge on any atom is 0.439 e. The first-order chi connectivity index (χ1) is 18.0. The second-order valence-electron chi connectivity index (χ2n) is 7.42. The first-order valence-corrected chi connectivity index (χ1v) is 10.4. The average Bonchev–Trinajstić information content (AvgIpc) is 3.29. The van der Waals surface area contributed by atoms with Crippen LogP contribution in [0.5, 0.6) is 5.75 Å². The number of nitrogens with one attached hydrogen (secondary N) is 2.